The molecule has 0 aliphatic carbocycles. The second kappa shape index (κ2) is 5.31. The lowest BCUT2D eigenvalue weighted by Crippen LogP contribution is -2.24. The van der Waals surface area contributed by atoms with Crippen LogP contribution in [0.5, 0.6) is 5.75 Å². The topological polar surface area (TPSA) is 40.5 Å². The van der Waals surface area contributed by atoms with Crippen LogP contribution < -0.4 is 0 Å². The van der Waals surface area contributed by atoms with Gasteiger partial charge in [-0.1, -0.05) is 28.1 Å². The number of aromatic hydroxyl groups is 1. The molecule has 0 bridgehead atoms. The average Bonchev–Trinajstić information content (AvgIpc) is 2.34. The Morgan fingerprint density at radius 2 is 1.79 bits per heavy atom. The molecule has 4 heteroatoms. The minimum absolute atomic E-state index is 0.133. The molecule has 1 atom stereocenters. The van der Waals surface area contributed by atoms with Crippen LogP contribution in [0, 0.1) is 5.82 Å². The zero-order chi connectivity index (χ0) is 14.0. The second-order valence-corrected chi connectivity index (χ2v) is 5.65. The zero-order valence-electron chi connectivity index (χ0n) is 10.4. The summed E-state index contributed by atoms with van der Waals surface area (Å²) < 4.78 is 14.5. The fourth-order valence-electron chi connectivity index (χ4n) is 1.97. The summed E-state index contributed by atoms with van der Waals surface area (Å²) in [6, 6.07) is 10.9. The van der Waals surface area contributed by atoms with Gasteiger partial charge in [0.25, 0.3) is 0 Å². The molecule has 0 heterocycles. The van der Waals surface area contributed by atoms with E-state index < -0.39 is 5.60 Å². The van der Waals surface area contributed by atoms with Crippen molar-refractivity contribution in [3.8, 4) is 5.75 Å². The molecule has 0 aliphatic heterocycles. The largest absolute Gasteiger partial charge is 0.508 e. The van der Waals surface area contributed by atoms with E-state index in [0.29, 0.717) is 11.1 Å². The molecule has 0 spiro atoms. The number of aliphatic hydroxyl groups is 1. The molecule has 2 rings (SSSR count). The third kappa shape index (κ3) is 3.33. The van der Waals surface area contributed by atoms with Gasteiger partial charge in [-0.05, 0) is 48.4 Å². The van der Waals surface area contributed by atoms with Gasteiger partial charge in [-0.15, -0.1) is 0 Å². The van der Waals surface area contributed by atoms with Crippen molar-refractivity contribution in [3.05, 3.63) is 63.9 Å². The van der Waals surface area contributed by atoms with Gasteiger partial charge in [-0.25, -0.2) is 4.39 Å². The number of rotatable bonds is 3. The van der Waals surface area contributed by atoms with Crippen LogP contribution in [-0.4, -0.2) is 10.2 Å². The number of hydrogen-bond acceptors (Lipinski definition) is 2. The first-order valence-corrected chi connectivity index (χ1v) is 6.63. The lowest BCUT2D eigenvalue weighted by Gasteiger charge is -2.24. The van der Waals surface area contributed by atoms with E-state index in [1.165, 1.54) is 18.2 Å². The first kappa shape index (κ1) is 14.0. The molecule has 0 aromatic heterocycles. The Morgan fingerprint density at radius 1 is 1.16 bits per heavy atom. The first-order chi connectivity index (χ1) is 8.88. The van der Waals surface area contributed by atoms with Gasteiger partial charge in [0.1, 0.15) is 11.6 Å². The molecular weight excluding hydrogens is 311 g/mol. The van der Waals surface area contributed by atoms with Crippen LogP contribution in [0.15, 0.2) is 46.9 Å². The van der Waals surface area contributed by atoms with Crippen LogP contribution in [0.25, 0.3) is 0 Å². The van der Waals surface area contributed by atoms with Crippen molar-refractivity contribution in [2.45, 2.75) is 18.9 Å². The Morgan fingerprint density at radius 3 is 2.42 bits per heavy atom. The lowest BCUT2D eigenvalue weighted by atomic mass is 9.89. The summed E-state index contributed by atoms with van der Waals surface area (Å²) in [5, 5.41) is 19.7. The molecule has 0 saturated carbocycles. The van der Waals surface area contributed by atoms with E-state index in [1.807, 2.05) is 0 Å². The standard InChI is InChI=1S/C15H14BrFO2/c1-15(19,11-2-5-13(18)6-3-11)9-10-8-12(16)4-7-14(10)17/h2-8,18-19H,9H2,1H3. The number of phenols is 1. The summed E-state index contributed by atoms with van der Waals surface area (Å²) in [4.78, 5) is 0. The number of halogens is 2. The van der Waals surface area contributed by atoms with Gasteiger partial charge in [-0.2, -0.15) is 0 Å². The Kier molecular flexibility index (Phi) is 3.92. The fourth-order valence-corrected chi connectivity index (χ4v) is 2.38. The second-order valence-electron chi connectivity index (χ2n) is 4.73. The average molecular weight is 325 g/mol. The molecule has 0 radical (unpaired) electrons. The molecule has 0 amide bonds. The Hall–Kier alpha value is -1.39. The summed E-state index contributed by atoms with van der Waals surface area (Å²) in [6.45, 7) is 1.62. The summed E-state index contributed by atoms with van der Waals surface area (Å²) in [7, 11) is 0. The van der Waals surface area contributed by atoms with Crippen molar-refractivity contribution < 1.29 is 14.6 Å². The molecule has 0 aliphatic rings. The monoisotopic (exact) mass is 324 g/mol. The normalized spacial score (nSPS) is 14.1. The van der Waals surface area contributed by atoms with Gasteiger partial charge in [0.2, 0.25) is 0 Å². The van der Waals surface area contributed by atoms with Gasteiger partial charge in [0, 0.05) is 10.9 Å². The van der Waals surface area contributed by atoms with Crippen molar-refractivity contribution in [2.75, 3.05) is 0 Å². The van der Waals surface area contributed by atoms with Crippen molar-refractivity contribution in [2.24, 2.45) is 0 Å². The molecule has 2 nitrogen and oxygen atoms in total. The molecule has 0 saturated heterocycles. The highest BCUT2D eigenvalue weighted by Crippen LogP contribution is 2.28. The molecule has 2 aromatic rings. The van der Waals surface area contributed by atoms with E-state index >= 15 is 0 Å². The predicted octanol–water partition coefficient (Wildman–Crippen LogP) is 3.74. The predicted molar refractivity (Wildman–Crippen MR) is 75.5 cm³/mol. The van der Waals surface area contributed by atoms with Gasteiger partial charge in [0.15, 0.2) is 0 Å². The van der Waals surface area contributed by atoms with E-state index in [-0.39, 0.29) is 18.0 Å². The molecule has 2 N–H and O–H groups in total. The maximum Gasteiger partial charge on any atom is 0.126 e. The maximum absolute atomic E-state index is 13.7. The van der Waals surface area contributed by atoms with E-state index in [2.05, 4.69) is 15.9 Å². The van der Waals surface area contributed by atoms with Gasteiger partial charge >= 0.3 is 0 Å². The van der Waals surface area contributed by atoms with E-state index in [0.717, 1.165) is 4.47 Å². The molecular formula is C15H14BrFO2. The third-order valence-corrected chi connectivity index (χ3v) is 3.52. The highest BCUT2D eigenvalue weighted by atomic mass is 79.9. The SMILES string of the molecule is CC(O)(Cc1cc(Br)ccc1F)c1ccc(O)cc1. The summed E-state index contributed by atoms with van der Waals surface area (Å²) in [5.41, 5.74) is -0.132. The van der Waals surface area contributed by atoms with Crippen molar-refractivity contribution in [3.63, 3.8) is 0 Å². The minimum atomic E-state index is -1.20. The highest BCUT2D eigenvalue weighted by Gasteiger charge is 2.25. The fraction of sp³-hybridized carbons (Fsp3) is 0.200. The van der Waals surface area contributed by atoms with E-state index in [9.17, 15) is 14.6 Å². The van der Waals surface area contributed by atoms with Crippen molar-refractivity contribution >= 4 is 15.9 Å². The van der Waals surface area contributed by atoms with Crippen molar-refractivity contribution in [1.82, 2.24) is 0 Å². The Balaban J connectivity index is 2.30. The van der Waals surface area contributed by atoms with Crippen LogP contribution >= 0.6 is 15.9 Å². The number of hydrogen-bond donors (Lipinski definition) is 2. The molecule has 1 unspecified atom stereocenters. The van der Waals surface area contributed by atoms with Gasteiger partial charge in [0.05, 0.1) is 5.60 Å². The minimum Gasteiger partial charge on any atom is -0.508 e. The van der Waals surface area contributed by atoms with Crippen molar-refractivity contribution in [1.29, 1.82) is 0 Å². The van der Waals surface area contributed by atoms with Gasteiger partial charge < -0.3 is 10.2 Å². The Bertz CT molecular complexity index is 579. The van der Waals surface area contributed by atoms with E-state index in [1.54, 1.807) is 31.2 Å². The highest BCUT2D eigenvalue weighted by molar-refractivity contribution is 9.10. The summed E-state index contributed by atoms with van der Waals surface area (Å²) in [5.74, 6) is -0.213. The first-order valence-electron chi connectivity index (χ1n) is 5.84. The summed E-state index contributed by atoms with van der Waals surface area (Å²) >= 11 is 3.29. The number of benzene rings is 2. The zero-order valence-corrected chi connectivity index (χ0v) is 12.0. The molecule has 19 heavy (non-hydrogen) atoms. The Labute approximate surface area is 119 Å². The quantitative estimate of drug-likeness (QED) is 0.902. The molecule has 100 valence electrons. The van der Waals surface area contributed by atoms with Crippen LogP contribution in [-0.2, 0) is 12.0 Å². The lowest BCUT2D eigenvalue weighted by molar-refractivity contribution is 0.0566. The van der Waals surface area contributed by atoms with Crippen LogP contribution in [0.4, 0.5) is 4.39 Å². The third-order valence-electron chi connectivity index (χ3n) is 3.03. The molecule has 2 aromatic carbocycles. The van der Waals surface area contributed by atoms with Crippen LogP contribution in [0.2, 0.25) is 0 Å². The maximum atomic E-state index is 13.7. The molecule has 0 fully saturated rings. The number of phenolic OH excluding ortho intramolecular Hbond substituents is 1. The summed E-state index contributed by atoms with van der Waals surface area (Å²) in [6.07, 6.45) is 0.156. The van der Waals surface area contributed by atoms with Crippen LogP contribution in [0.1, 0.15) is 18.1 Å². The smallest absolute Gasteiger partial charge is 0.126 e. The van der Waals surface area contributed by atoms with E-state index in [4.69, 9.17) is 0 Å². The van der Waals surface area contributed by atoms with Crippen LogP contribution in [0.3, 0.4) is 0 Å². The van der Waals surface area contributed by atoms with Gasteiger partial charge in [-0.3, -0.25) is 0 Å².